The summed E-state index contributed by atoms with van der Waals surface area (Å²) >= 11 is 0. The lowest BCUT2D eigenvalue weighted by Crippen LogP contribution is -2.33. The third kappa shape index (κ3) is 3.77. The molecule has 3 aromatic rings. The van der Waals surface area contributed by atoms with Crippen molar-refractivity contribution in [3.05, 3.63) is 77.0 Å². The number of amides is 1. The maximum atomic E-state index is 13.1. The van der Waals surface area contributed by atoms with Crippen molar-refractivity contribution in [1.82, 2.24) is 14.8 Å². The zero-order chi connectivity index (χ0) is 17.8. The summed E-state index contributed by atoms with van der Waals surface area (Å²) in [4.78, 5) is 28.5. The maximum Gasteiger partial charge on any atom is 0.267 e. The van der Waals surface area contributed by atoms with E-state index in [1.165, 1.54) is 24.3 Å². The normalized spacial score (nSPS) is 11.8. The molecule has 3 rings (SSSR count). The number of carbonyl (C=O) groups excluding carboxylic acids is 1. The largest absolute Gasteiger partial charge is 0.309 e. The van der Waals surface area contributed by atoms with E-state index < -0.39 is 17.5 Å². The molecule has 0 saturated carbocycles. The lowest BCUT2D eigenvalue weighted by atomic mass is 10.1. The van der Waals surface area contributed by atoms with Gasteiger partial charge in [-0.3, -0.25) is 9.59 Å². The first-order valence-corrected chi connectivity index (χ1v) is 7.62. The molecule has 7 heteroatoms. The zero-order valence-corrected chi connectivity index (χ0v) is 13.4. The Morgan fingerprint density at radius 1 is 1.12 bits per heavy atom. The third-order valence-corrected chi connectivity index (χ3v) is 3.63. The molecule has 1 amide bonds. The van der Waals surface area contributed by atoms with E-state index in [1.54, 1.807) is 43.5 Å². The van der Waals surface area contributed by atoms with Gasteiger partial charge in [-0.1, -0.05) is 6.07 Å². The second-order valence-corrected chi connectivity index (χ2v) is 5.39. The molecule has 0 saturated heterocycles. The van der Waals surface area contributed by atoms with Gasteiger partial charge in [0.05, 0.1) is 5.69 Å². The van der Waals surface area contributed by atoms with E-state index in [-0.39, 0.29) is 5.82 Å². The molecular weight excluding hydrogens is 323 g/mol. The number of hydrogen-bond donors (Lipinski definition) is 1. The molecule has 1 aromatic carbocycles. The Kier molecular flexibility index (Phi) is 4.65. The Bertz CT molecular complexity index is 939. The zero-order valence-electron chi connectivity index (χ0n) is 13.4. The Morgan fingerprint density at radius 2 is 1.88 bits per heavy atom. The van der Waals surface area contributed by atoms with E-state index in [0.717, 1.165) is 4.68 Å². The van der Waals surface area contributed by atoms with Crippen LogP contribution in [0.3, 0.4) is 0 Å². The van der Waals surface area contributed by atoms with E-state index in [9.17, 15) is 14.0 Å². The Morgan fingerprint density at radius 3 is 2.56 bits per heavy atom. The van der Waals surface area contributed by atoms with Crippen LogP contribution >= 0.6 is 0 Å². The molecule has 2 aromatic heterocycles. The fraction of sp³-hybridized carbons (Fsp3) is 0.111. The van der Waals surface area contributed by atoms with E-state index >= 15 is 0 Å². The second kappa shape index (κ2) is 7.04. The number of benzene rings is 1. The SMILES string of the molecule is CC(C(=O)Nc1ccccn1)n1nc(-c2ccc(F)cc2)ccc1=O. The number of halogens is 1. The third-order valence-electron chi connectivity index (χ3n) is 3.63. The molecule has 0 aliphatic heterocycles. The van der Waals surface area contributed by atoms with Crippen LogP contribution < -0.4 is 10.9 Å². The highest BCUT2D eigenvalue weighted by Gasteiger charge is 2.18. The van der Waals surface area contributed by atoms with Gasteiger partial charge in [-0.15, -0.1) is 0 Å². The minimum atomic E-state index is -0.838. The predicted molar refractivity (Wildman–Crippen MR) is 91.5 cm³/mol. The summed E-state index contributed by atoms with van der Waals surface area (Å²) in [7, 11) is 0. The second-order valence-electron chi connectivity index (χ2n) is 5.39. The molecule has 126 valence electrons. The minimum Gasteiger partial charge on any atom is -0.309 e. The van der Waals surface area contributed by atoms with Crippen molar-refractivity contribution in [2.45, 2.75) is 13.0 Å². The molecule has 0 fully saturated rings. The summed E-state index contributed by atoms with van der Waals surface area (Å²) in [6.45, 7) is 1.57. The molecule has 2 heterocycles. The number of carbonyl (C=O) groups is 1. The number of nitrogens with one attached hydrogen (secondary N) is 1. The van der Waals surface area contributed by atoms with Crippen molar-refractivity contribution in [2.24, 2.45) is 0 Å². The lowest BCUT2D eigenvalue weighted by Gasteiger charge is -2.14. The summed E-state index contributed by atoms with van der Waals surface area (Å²) in [5, 5.41) is 6.87. The molecule has 6 nitrogen and oxygen atoms in total. The number of pyridine rings is 1. The van der Waals surface area contributed by atoms with Crippen LogP contribution in [0.4, 0.5) is 10.2 Å². The van der Waals surface area contributed by atoms with Crippen molar-refractivity contribution in [3.63, 3.8) is 0 Å². The van der Waals surface area contributed by atoms with Crippen LogP contribution in [0, 0.1) is 5.82 Å². The van der Waals surface area contributed by atoms with Gasteiger partial charge in [-0.25, -0.2) is 14.1 Å². The predicted octanol–water partition coefficient (Wildman–Crippen LogP) is 2.64. The Labute approximate surface area is 143 Å². The number of hydrogen-bond acceptors (Lipinski definition) is 4. The van der Waals surface area contributed by atoms with Crippen LogP contribution in [0.1, 0.15) is 13.0 Å². The van der Waals surface area contributed by atoms with Crippen LogP contribution in [0.15, 0.2) is 65.6 Å². The van der Waals surface area contributed by atoms with Gasteiger partial charge in [0.25, 0.3) is 5.56 Å². The van der Waals surface area contributed by atoms with Gasteiger partial charge in [-0.2, -0.15) is 5.10 Å². The summed E-state index contributed by atoms with van der Waals surface area (Å²) in [6, 6.07) is 12.9. The Hall–Kier alpha value is -3.35. The average molecular weight is 338 g/mol. The first kappa shape index (κ1) is 16.5. The maximum absolute atomic E-state index is 13.1. The highest BCUT2D eigenvalue weighted by molar-refractivity contribution is 5.92. The number of aromatic nitrogens is 3. The van der Waals surface area contributed by atoms with E-state index in [1.807, 2.05) is 0 Å². The van der Waals surface area contributed by atoms with Gasteiger partial charge in [0, 0.05) is 17.8 Å². The first-order chi connectivity index (χ1) is 12.0. The molecule has 0 spiro atoms. The molecule has 1 unspecified atom stereocenters. The Balaban J connectivity index is 1.88. The summed E-state index contributed by atoms with van der Waals surface area (Å²) in [6.07, 6.45) is 1.56. The summed E-state index contributed by atoms with van der Waals surface area (Å²) in [5.74, 6) is -0.383. The smallest absolute Gasteiger partial charge is 0.267 e. The van der Waals surface area contributed by atoms with Crippen LogP contribution in [0.25, 0.3) is 11.3 Å². The molecule has 0 aliphatic carbocycles. The highest BCUT2D eigenvalue weighted by atomic mass is 19.1. The van der Waals surface area contributed by atoms with Gasteiger partial charge in [0.2, 0.25) is 5.91 Å². The van der Waals surface area contributed by atoms with Crippen molar-refractivity contribution in [2.75, 3.05) is 5.32 Å². The van der Waals surface area contributed by atoms with Crippen molar-refractivity contribution >= 4 is 11.7 Å². The van der Waals surface area contributed by atoms with Gasteiger partial charge in [-0.05, 0) is 49.4 Å². The van der Waals surface area contributed by atoms with Crippen molar-refractivity contribution < 1.29 is 9.18 Å². The first-order valence-electron chi connectivity index (χ1n) is 7.62. The van der Waals surface area contributed by atoms with Crippen molar-refractivity contribution in [3.8, 4) is 11.3 Å². The van der Waals surface area contributed by atoms with Crippen LogP contribution in [0.2, 0.25) is 0 Å². The molecular formula is C18H15FN4O2. The molecule has 1 atom stereocenters. The quantitative estimate of drug-likeness (QED) is 0.793. The minimum absolute atomic E-state index is 0.361. The van der Waals surface area contributed by atoms with Gasteiger partial charge in [0.1, 0.15) is 17.7 Å². The molecule has 0 bridgehead atoms. The molecule has 0 radical (unpaired) electrons. The lowest BCUT2D eigenvalue weighted by molar-refractivity contribution is -0.119. The molecule has 0 aliphatic rings. The van der Waals surface area contributed by atoms with Crippen LogP contribution in [-0.4, -0.2) is 20.7 Å². The fourth-order valence-electron chi connectivity index (χ4n) is 2.26. The standard InChI is InChI=1S/C18H15FN4O2/c1-12(18(25)21-16-4-2-3-11-20-16)23-17(24)10-9-15(22-23)13-5-7-14(19)8-6-13/h2-12H,1H3,(H,20,21,25). The summed E-state index contributed by atoms with van der Waals surface area (Å²) in [5.41, 5.74) is 0.708. The molecule has 25 heavy (non-hydrogen) atoms. The van der Waals surface area contributed by atoms with Crippen molar-refractivity contribution in [1.29, 1.82) is 0 Å². The topological polar surface area (TPSA) is 76.9 Å². The van der Waals surface area contributed by atoms with E-state index in [2.05, 4.69) is 15.4 Å². The highest BCUT2D eigenvalue weighted by Crippen LogP contribution is 2.17. The molecule has 1 N–H and O–H groups in total. The fourth-order valence-corrected chi connectivity index (χ4v) is 2.26. The number of rotatable bonds is 4. The van der Waals surface area contributed by atoms with E-state index in [0.29, 0.717) is 17.1 Å². The van der Waals surface area contributed by atoms with E-state index in [4.69, 9.17) is 0 Å². The van der Waals surface area contributed by atoms with Crippen LogP contribution in [-0.2, 0) is 4.79 Å². The van der Waals surface area contributed by atoms with Gasteiger partial charge in [0.15, 0.2) is 0 Å². The monoisotopic (exact) mass is 338 g/mol. The summed E-state index contributed by atoms with van der Waals surface area (Å²) < 4.78 is 14.1. The van der Waals surface area contributed by atoms with Gasteiger partial charge < -0.3 is 5.32 Å². The number of nitrogens with zero attached hydrogens (tertiary/aromatic N) is 3. The van der Waals surface area contributed by atoms with Crippen LogP contribution in [0.5, 0.6) is 0 Å². The average Bonchev–Trinajstić information content (AvgIpc) is 2.63. The van der Waals surface area contributed by atoms with Gasteiger partial charge >= 0.3 is 0 Å². The number of anilines is 1.